The zero-order chi connectivity index (χ0) is 20.4. The van der Waals surface area contributed by atoms with E-state index in [0.29, 0.717) is 32.0 Å². The standard InChI is InChI=1S/C21H25N3O4S/c1-16-13-17-5-2-3-8-20(17)24(16)21(25)15-22-18-6-4-7-19(14-18)29(26,27)23-9-11-28-12-10-23/h2-8,14,16,22H,9-13,15H2,1H3/t16-/m0/s1. The molecule has 4 rings (SSSR count). The molecule has 2 aromatic carbocycles. The first-order valence-electron chi connectivity index (χ1n) is 9.78. The molecule has 1 amide bonds. The van der Waals surface area contributed by atoms with E-state index in [4.69, 9.17) is 4.74 Å². The van der Waals surface area contributed by atoms with Crippen LogP contribution >= 0.6 is 0 Å². The highest BCUT2D eigenvalue weighted by Crippen LogP contribution is 2.31. The Balaban J connectivity index is 1.46. The zero-order valence-corrected chi connectivity index (χ0v) is 17.2. The fourth-order valence-electron chi connectivity index (χ4n) is 3.91. The predicted octanol–water partition coefficient (Wildman–Crippen LogP) is 2.10. The average molecular weight is 416 g/mol. The Kier molecular flexibility index (Phi) is 5.58. The monoisotopic (exact) mass is 415 g/mol. The van der Waals surface area contributed by atoms with Crippen LogP contribution in [0.15, 0.2) is 53.4 Å². The Hall–Kier alpha value is -2.42. The van der Waals surface area contributed by atoms with Crippen molar-refractivity contribution in [2.24, 2.45) is 0 Å². The lowest BCUT2D eigenvalue weighted by atomic mass is 10.1. The van der Waals surface area contributed by atoms with E-state index < -0.39 is 10.0 Å². The van der Waals surface area contributed by atoms with Crippen molar-refractivity contribution < 1.29 is 17.9 Å². The highest BCUT2D eigenvalue weighted by atomic mass is 32.2. The molecule has 1 fully saturated rings. The molecule has 2 aliphatic heterocycles. The molecule has 2 aromatic rings. The summed E-state index contributed by atoms with van der Waals surface area (Å²) in [6, 6.07) is 14.7. The molecule has 29 heavy (non-hydrogen) atoms. The Morgan fingerprint density at radius 1 is 1.14 bits per heavy atom. The summed E-state index contributed by atoms with van der Waals surface area (Å²) in [5.74, 6) is -0.0381. The molecular formula is C21H25N3O4S. The topological polar surface area (TPSA) is 79.0 Å². The molecular weight excluding hydrogens is 390 g/mol. The van der Waals surface area contributed by atoms with Gasteiger partial charge in [0.2, 0.25) is 15.9 Å². The van der Waals surface area contributed by atoms with Crippen LogP contribution in [0.1, 0.15) is 12.5 Å². The van der Waals surface area contributed by atoms with Gasteiger partial charge in [-0.1, -0.05) is 24.3 Å². The van der Waals surface area contributed by atoms with Gasteiger partial charge in [-0.3, -0.25) is 4.79 Å². The van der Waals surface area contributed by atoms with Crippen molar-refractivity contribution in [3.05, 3.63) is 54.1 Å². The van der Waals surface area contributed by atoms with E-state index >= 15 is 0 Å². The molecule has 0 saturated carbocycles. The molecule has 0 bridgehead atoms. The Labute approximate surface area is 171 Å². The first-order valence-corrected chi connectivity index (χ1v) is 11.2. The lowest BCUT2D eigenvalue weighted by molar-refractivity contribution is -0.117. The second-order valence-corrected chi connectivity index (χ2v) is 9.28. The maximum absolute atomic E-state index is 12.8. The number of amides is 1. The first kappa shape index (κ1) is 19.9. The summed E-state index contributed by atoms with van der Waals surface area (Å²) in [5, 5.41) is 3.09. The van der Waals surface area contributed by atoms with Crippen LogP contribution in [0.25, 0.3) is 0 Å². The summed E-state index contributed by atoms with van der Waals surface area (Å²) in [7, 11) is -3.57. The number of hydrogen-bond donors (Lipinski definition) is 1. The normalized spacial score (nSPS) is 19.8. The average Bonchev–Trinajstić information content (AvgIpc) is 3.08. The number of hydrogen-bond acceptors (Lipinski definition) is 5. The molecule has 1 saturated heterocycles. The van der Waals surface area contributed by atoms with Gasteiger partial charge in [-0.25, -0.2) is 8.42 Å². The van der Waals surface area contributed by atoms with Crippen molar-refractivity contribution in [1.29, 1.82) is 0 Å². The Morgan fingerprint density at radius 3 is 2.69 bits per heavy atom. The minimum atomic E-state index is -3.57. The van der Waals surface area contributed by atoms with Crippen LogP contribution in [0.2, 0.25) is 0 Å². The summed E-state index contributed by atoms with van der Waals surface area (Å²) in [5.41, 5.74) is 2.73. The third-order valence-electron chi connectivity index (χ3n) is 5.36. The van der Waals surface area contributed by atoms with Crippen LogP contribution in [0, 0.1) is 0 Å². The Morgan fingerprint density at radius 2 is 1.90 bits per heavy atom. The van der Waals surface area contributed by atoms with Gasteiger partial charge < -0.3 is 15.0 Å². The van der Waals surface area contributed by atoms with E-state index in [1.54, 1.807) is 24.3 Å². The SMILES string of the molecule is C[C@H]1Cc2ccccc2N1C(=O)CNc1cccc(S(=O)(=O)N2CCOCC2)c1. The van der Waals surface area contributed by atoms with Crippen molar-refractivity contribution in [2.45, 2.75) is 24.3 Å². The van der Waals surface area contributed by atoms with Gasteiger partial charge in [0.15, 0.2) is 0 Å². The molecule has 154 valence electrons. The van der Waals surface area contributed by atoms with Crippen LogP contribution < -0.4 is 10.2 Å². The molecule has 7 nitrogen and oxygen atoms in total. The van der Waals surface area contributed by atoms with Crippen molar-refractivity contribution >= 4 is 27.3 Å². The summed E-state index contributed by atoms with van der Waals surface area (Å²) in [6.45, 7) is 3.64. The Bertz CT molecular complexity index is 1000. The van der Waals surface area contributed by atoms with Gasteiger partial charge in [-0.05, 0) is 43.2 Å². The number of nitrogens with one attached hydrogen (secondary N) is 1. The summed E-state index contributed by atoms with van der Waals surface area (Å²) < 4.78 is 32.3. The second kappa shape index (κ2) is 8.14. The second-order valence-electron chi connectivity index (χ2n) is 7.34. The van der Waals surface area contributed by atoms with Crippen molar-refractivity contribution in [2.75, 3.05) is 43.1 Å². The van der Waals surface area contributed by atoms with E-state index in [9.17, 15) is 13.2 Å². The molecule has 0 spiro atoms. The largest absolute Gasteiger partial charge is 0.379 e. The number of sulfonamides is 1. The van der Waals surface area contributed by atoms with E-state index in [2.05, 4.69) is 5.32 Å². The van der Waals surface area contributed by atoms with Gasteiger partial charge in [-0.2, -0.15) is 4.31 Å². The zero-order valence-electron chi connectivity index (χ0n) is 16.4. The van der Waals surface area contributed by atoms with Crippen LogP contribution in [-0.2, 0) is 26.0 Å². The van der Waals surface area contributed by atoms with Gasteiger partial charge in [0.05, 0.1) is 24.7 Å². The number of fused-ring (bicyclic) bond motifs is 1. The fraction of sp³-hybridized carbons (Fsp3) is 0.381. The molecule has 0 aromatic heterocycles. The van der Waals surface area contributed by atoms with Gasteiger partial charge in [-0.15, -0.1) is 0 Å². The number of nitrogens with zero attached hydrogens (tertiary/aromatic N) is 2. The number of carbonyl (C=O) groups excluding carboxylic acids is 1. The number of para-hydroxylation sites is 1. The maximum Gasteiger partial charge on any atom is 0.246 e. The molecule has 2 aliphatic rings. The molecule has 1 atom stereocenters. The number of rotatable bonds is 5. The van der Waals surface area contributed by atoms with E-state index in [0.717, 1.165) is 12.1 Å². The van der Waals surface area contributed by atoms with Crippen molar-refractivity contribution in [3.63, 3.8) is 0 Å². The third kappa shape index (κ3) is 4.01. The molecule has 8 heteroatoms. The molecule has 0 radical (unpaired) electrons. The third-order valence-corrected chi connectivity index (χ3v) is 7.26. The van der Waals surface area contributed by atoms with Crippen molar-refractivity contribution in [3.8, 4) is 0 Å². The number of carbonyl (C=O) groups is 1. The molecule has 1 N–H and O–H groups in total. The minimum Gasteiger partial charge on any atom is -0.379 e. The number of benzene rings is 2. The van der Waals surface area contributed by atoms with E-state index in [1.807, 2.05) is 36.1 Å². The van der Waals surface area contributed by atoms with Gasteiger partial charge in [0, 0.05) is 30.5 Å². The van der Waals surface area contributed by atoms with Gasteiger partial charge in [0.1, 0.15) is 0 Å². The highest BCUT2D eigenvalue weighted by molar-refractivity contribution is 7.89. The summed E-state index contributed by atoms with van der Waals surface area (Å²) >= 11 is 0. The maximum atomic E-state index is 12.8. The highest BCUT2D eigenvalue weighted by Gasteiger charge is 2.30. The lowest BCUT2D eigenvalue weighted by Crippen LogP contribution is -2.40. The van der Waals surface area contributed by atoms with Crippen LogP contribution in [-0.4, -0.2) is 57.5 Å². The van der Waals surface area contributed by atoms with E-state index in [-0.39, 0.29) is 23.4 Å². The molecule has 2 heterocycles. The van der Waals surface area contributed by atoms with Crippen LogP contribution in [0.3, 0.4) is 0 Å². The van der Waals surface area contributed by atoms with Gasteiger partial charge >= 0.3 is 0 Å². The minimum absolute atomic E-state index is 0.0381. The number of morpholine rings is 1. The predicted molar refractivity (Wildman–Crippen MR) is 112 cm³/mol. The van der Waals surface area contributed by atoms with E-state index in [1.165, 1.54) is 9.87 Å². The smallest absolute Gasteiger partial charge is 0.246 e. The van der Waals surface area contributed by atoms with Gasteiger partial charge in [0.25, 0.3) is 0 Å². The summed E-state index contributed by atoms with van der Waals surface area (Å²) in [4.78, 5) is 14.9. The van der Waals surface area contributed by atoms with Crippen LogP contribution in [0.4, 0.5) is 11.4 Å². The first-order chi connectivity index (χ1) is 14.0. The molecule has 0 unspecified atom stereocenters. The molecule has 0 aliphatic carbocycles. The number of ether oxygens (including phenoxy) is 1. The van der Waals surface area contributed by atoms with Crippen LogP contribution in [0.5, 0.6) is 0 Å². The fourth-order valence-corrected chi connectivity index (χ4v) is 5.37. The quantitative estimate of drug-likeness (QED) is 0.809. The lowest BCUT2D eigenvalue weighted by Gasteiger charge is -2.26. The van der Waals surface area contributed by atoms with Crippen molar-refractivity contribution in [1.82, 2.24) is 4.31 Å². The number of anilines is 2. The summed E-state index contributed by atoms with van der Waals surface area (Å²) in [6.07, 6.45) is 0.842.